The van der Waals surface area contributed by atoms with E-state index in [2.05, 4.69) is 24.1 Å². The molecule has 1 atom stereocenters. The Hall–Kier alpha value is -1.42. The maximum Gasteiger partial charge on any atom is 0.224 e. The number of carbonyl (C=O) groups is 1. The number of pyridine rings is 1. The molecule has 0 bridgehead atoms. The molecule has 0 unspecified atom stereocenters. The normalized spacial score (nSPS) is 12.5. The third-order valence-corrected chi connectivity index (χ3v) is 2.58. The van der Waals surface area contributed by atoms with Crippen molar-refractivity contribution in [1.82, 2.24) is 4.98 Å². The van der Waals surface area contributed by atoms with Gasteiger partial charge in [-0.3, -0.25) is 9.78 Å². The summed E-state index contributed by atoms with van der Waals surface area (Å²) in [5, 5.41) is 2.85. The van der Waals surface area contributed by atoms with Gasteiger partial charge in [0.2, 0.25) is 5.91 Å². The molecular formula is C13H21N3O. The Morgan fingerprint density at radius 2 is 2.06 bits per heavy atom. The number of aromatic nitrogens is 1. The zero-order chi connectivity index (χ0) is 12.7. The Morgan fingerprint density at radius 1 is 1.41 bits per heavy atom. The quantitative estimate of drug-likeness (QED) is 0.792. The summed E-state index contributed by atoms with van der Waals surface area (Å²) in [6, 6.07) is 3.55. The first-order chi connectivity index (χ1) is 8.11. The van der Waals surface area contributed by atoms with Gasteiger partial charge in [0.15, 0.2) is 0 Å². The first-order valence-electron chi connectivity index (χ1n) is 6.01. The highest BCUT2D eigenvalue weighted by atomic mass is 16.1. The second-order valence-corrected chi connectivity index (χ2v) is 4.72. The topological polar surface area (TPSA) is 68.0 Å². The van der Waals surface area contributed by atoms with Crippen molar-refractivity contribution in [2.24, 2.45) is 17.6 Å². The molecule has 94 valence electrons. The Kier molecular flexibility index (Phi) is 5.63. The summed E-state index contributed by atoms with van der Waals surface area (Å²) in [5.41, 5.74) is 6.46. The average Bonchev–Trinajstić information content (AvgIpc) is 2.28. The van der Waals surface area contributed by atoms with Crippen molar-refractivity contribution in [2.75, 3.05) is 11.9 Å². The van der Waals surface area contributed by atoms with Crippen LogP contribution in [0.3, 0.4) is 0 Å². The first-order valence-corrected chi connectivity index (χ1v) is 6.01. The van der Waals surface area contributed by atoms with Gasteiger partial charge in [-0.1, -0.05) is 13.8 Å². The van der Waals surface area contributed by atoms with E-state index in [1.165, 1.54) is 0 Å². The van der Waals surface area contributed by atoms with Crippen molar-refractivity contribution in [3.63, 3.8) is 0 Å². The summed E-state index contributed by atoms with van der Waals surface area (Å²) in [6.45, 7) is 4.84. The molecule has 0 aromatic carbocycles. The van der Waals surface area contributed by atoms with Crippen LogP contribution in [0.2, 0.25) is 0 Å². The van der Waals surface area contributed by atoms with E-state index in [0.717, 1.165) is 12.1 Å². The van der Waals surface area contributed by atoms with E-state index in [4.69, 9.17) is 5.73 Å². The number of rotatable bonds is 6. The predicted molar refractivity (Wildman–Crippen MR) is 69.5 cm³/mol. The van der Waals surface area contributed by atoms with E-state index in [1.807, 2.05) is 0 Å². The smallest absolute Gasteiger partial charge is 0.224 e. The number of hydrogen-bond acceptors (Lipinski definition) is 3. The van der Waals surface area contributed by atoms with Gasteiger partial charge in [-0.15, -0.1) is 0 Å². The van der Waals surface area contributed by atoms with Crippen LogP contribution >= 0.6 is 0 Å². The van der Waals surface area contributed by atoms with Crippen molar-refractivity contribution in [3.8, 4) is 0 Å². The van der Waals surface area contributed by atoms with Gasteiger partial charge in [0, 0.05) is 24.5 Å². The van der Waals surface area contributed by atoms with Gasteiger partial charge >= 0.3 is 0 Å². The highest BCUT2D eigenvalue weighted by Gasteiger charge is 2.13. The van der Waals surface area contributed by atoms with Crippen molar-refractivity contribution in [3.05, 3.63) is 24.5 Å². The molecule has 1 aromatic rings. The van der Waals surface area contributed by atoms with Crippen LogP contribution in [-0.2, 0) is 4.79 Å². The molecule has 0 aliphatic heterocycles. The lowest BCUT2D eigenvalue weighted by atomic mass is 9.94. The van der Waals surface area contributed by atoms with E-state index < -0.39 is 0 Å². The molecule has 0 aliphatic carbocycles. The van der Waals surface area contributed by atoms with E-state index in [9.17, 15) is 4.79 Å². The molecular weight excluding hydrogens is 214 g/mol. The van der Waals surface area contributed by atoms with Crippen molar-refractivity contribution < 1.29 is 4.79 Å². The van der Waals surface area contributed by atoms with Crippen LogP contribution in [0.4, 0.5) is 5.69 Å². The van der Waals surface area contributed by atoms with Crippen LogP contribution in [0.25, 0.3) is 0 Å². The maximum atomic E-state index is 11.8. The van der Waals surface area contributed by atoms with Gasteiger partial charge in [0.1, 0.15) is 0 Å². The zero-order valence-corrected chi connectivity index (χ0v) is 10.5. The second-order valence-electron chi connectivity index (χ2n) is 4.72. The van der Waals surface area contributed by atoms with Crippen LogP contribution in [0.1, 0.15) is 26.7 Å². The largest absolute Gasteiger partial charge is 0.330 e. The SMILES string of the molecule is CC(C)C[C@H](CN)CC(=O)Nc1ccncc1. The molecule has 4 nitrogen and oxygen atoms in total. The maximum absolute atomic E-state index is 11.8. The van der Waals surface area contributed by atoms with Crippen molar-refractivity contribution in [1.29, 1.82) is 0 Å². The highest BCUT2D eigenvalue weighted by Crippen LogP contribution is 2.15. The summed E-state index contributed by atoms with van der Waals surface area (Å²) in [4.78, 5) is 15.7. The van der Waals surface area contributed by atoms with Gasteiger partial charge < -0.3 is 11.1 Å². The van der Waals surface area contributed by atoms with Gasteiger partial charge in [0.25, 0.3) is 0 Å². The minimum Gasteiger partial charge on any atom is -0.330 e. The molecule has 0 spiro atoms. The van der Waals surface area contributed by atoms with Crippen molar-refractivity contribution in [2.45, 2.75) is 26.7 Å². The monoisotopic (exact) mass is 235 g/mol. The lowest BCUT2D eigenvalue weighted by molar-refractivity contribution is -0.117. The lowest BCUT2D eigenvalue weighted by Gasteiger charge is -2.16. The van der Waals surface area contributed by atoms with Crippen molar-refractivity contribution >= 4 is 11.6 Å². The molecule has 17 heavy (non-hydrogen) atoms. The van der Waals surface area contributed by atoms with Gasteiger partial charge in [-0.25, -0.2) is 0 Å². The molecule has 0 aliphatic rings. The van der Waals surface area contributed by atoms with E-state index in [1.54, 1.807) is 24.5 Å². The van der Waals surface area contributed by atoms with Gasteiger partial charge in [-0.05, 0) is 36.9 Å². The number of anilines is 1. The minimum absolute atomic E-state index is 0.0206. The fraction of sp³-hybridized carbons (Fsp3) is 0.538. The molecule has 4 heteroatoms. The van der Waals surface area contributed by atoms with E-state index >= 15 is 0 Å². The Labute approximate surface area is 103 Å². The summed E-state index contributed by atoms with van der Waals surface area (Å²) < 4.78 is 0. The molecule has 0 saturated heterocycles. The van der Waals surface area contributed by atoms with E-state index in [0.29, 0.717) is 18.9 Å². The number of amides is 1. The Morgan fingerprint density at radius 3 is 2.59 bits per heavy atom. The Balaban J connectivity index is 2.43. The lowest BCUT2D eigenvalue weighted by Crippen LogP contribution is -2.23. The molecule has 1 heterocycles. The summed E-state index contributed by atoms with van der Waals surface area (Å²) in [5.74, 6) is 0.849. The first kappa shape index (κ1) is 13.6. The molecule has 0 fully saturated rings. The minimum atomic E-state index is 0.0206. The summed E-state index contributed by atoms with van der Waals surface area (Å²) in [6.07, 6.45) is 4.78. The highest BCUT2D eigenvalue weighted by molar-refractivity contribution is 5.90. The molecule has 0 radical (unpaired) electrons. The predicted octanol–water partition coefficient (Wildman–Crippen LogP) is 2.03. The summed E-state index contributed by atoms with van der Waals surface area (Å²) >= 11 is 0. The van der Waals surface area contributed by atoms with Crippen LogP contribution < -0.4 is 11.1 Å². The van der Waals surface area contributed by atoms with Crippen LogP contribution in [0.15, 0.2) is 24.5 Å². The summed E-state index contributed by atoms with van der Waals surface area (Å²) in [7, 11) is 0. The number of nitrogens with two attached hydrogens (primary N) is 1. The molecule has 1 aromatic heterocycles. The van der Waals surface area contributed by atoms with Crippen LogP contribution in [0, 0.1) is 11.8 Å². The molecule has 3 N–H and O–H groups in total. The van der Waals surface area contributed by atoms with Crippen LogP contribution in [0.5, 0.6) is 0 Å². The number of nitrogens with one attached hydrogen (secondary N) is 1. The fourth-order valence-corrected chi connectivity index (χ4v) is 1.84. The third kappa shape index (κ3) is 5.45. The molecule has 1 rings (SSSR count). The number of nitrogens with zero attached hydrogens (tertiary/aromatic N) is 1. The molecule has 1 amide bonds. The fourth-order valence-electron chi connectivity index (χ4n) is 1.84. The van der Waals surface area contributed by atoms with Gasteiger partial charge in [-0.2, -0.15) is 0 Å². The third-order valence-electron chi connectivity index (χ3n) is 2.58. The Bertz CT molecular complexity index is 338. The molecule has 0 saturated carbocycles. The van der Waals surface area contributed by atoms with Crippen LogP contribution in [-0.4, -0.2) is 17.4 Å². The van der Waals surface area contributed by atoms with E-state index in [-0.39, 0.29) is 11.8 Å². The second kappa shape index (κ2) is 7.01. The standard InChI is InChI=1S/C13H21N3O/c1-10(2)7-11(9-14)8-13(17)16-12-3-5-15-6-4-12/h3-6,10-11H,7-9,14H2,1-2H3,(H,15,16,17)/t11-/m0/s1. The zero-order valence-electron chi connectivity index (χ0n) is 10.5. The average molecular weight is 235 g/mol. The van der Waals surface area contributed by atoms with Gasteiger partial charge in [0.05, 0.1) is 0 Å². The number of carbonyl (C=O) groups excluding carboxylic acids is 1. The number of hydrogen-bond donors (Lipinski definition) is 2.